The quantitative estimate of drug-likeness (QED) is 0.522. The van der Waals surface area contributed by atoms with Crippen molar-refractivity contribution in [2.45, 2.75) is 50.3 Å². The van der Waals surface area contributed by atoms with Gasteiger partial charge in [-0.15, -0.1) is 0 Å². The first kappa shape index (κ1) is 11.9. The molecular formula is C11H21BrS. The third kappa shape index (κ3) is 4.73. The molecule has 0 aliphatic heterocycles. The van der Waals surface area contributed by atoms with Crippen LogP contribution in [0, 0.1) is 5.92 Å². The lowest BCUT2D eigenvalue weighted by Crippen LogP contribution is -2.19. The normalized spacial score (nSPS) is 29.1. The number of hydrogen-bond acceptors (Lipinski definition) is 1. The van der Waals surface area contributed by atoms with Gasteiger partial charge in [0.25, 0.3) is 0 Å². The Labute approximate surface area is 95.4 Å². The molecule has 0 aromatic rings. The fourth-order valence-corrected chi connectivity index (χ4v) is 3.59. The molecule has 78 valence electrons. The lowest BCUT2D eigenvalue weighted by Gasteiger charge is -2.27. The van der Waals surface area contributed by atoms with Gasteiger partial charge in [-0.2, -0.15) is 11.8 Å². The summed E-state index contributed by atoms with van der Waals surface area (Å²) in [6, 6.07) is 0. The lowest BCUT2D eigenvalue weighted by molar-refractivity contribution is 0.353. The largest absolute Gasteiger partial charge is 0.162 e. The molecule has 0 amide bonds. The number of thioether (sulfide) groups is 1. The van der Waals surface area contributed by atoms with Crippen molar-refractivity contribution >= 4 is 27.7 Å². The maximum Gasteiger partial charge on any atom is 0.0174 e. The van der Waals surface area contributed by atoms with Crippen LogP contribution in [0.25, 0.3) is 0 Å². The topological polar surface area (TPSA) is 0 Å². The van der Waals surface area contributed by atoms with E-state index in [-0.39, 0.29) is 0 Å². The Morgan fingerprint density at radius 2 is 2.08 bits per heavy atom. The van der Waals surface area contributed by atoms with Crippen molar-refractivity contribution < 1.29 is 0 Å². The molecule has 13 heavy (non-hydrogen) atoms. The summed E-state index contributed by atoms with van der Waals surface area (Å²) < 4.78 is 0. The summed E-state index contributed by atoms with van der Waals surface area (Å²) in [5, 5.41) is 0. The van der Waals surface area contributed by atoms with E-state index in [0.717, 1.165) is 10.7 Å². The van der Waals surface area contributed by atoms with Crippen LogP contribution in [0.5, 0.6) is 0 Å². The standard InChI is InChI=1S/C11H21BrS/c1-2-13-9-5-7-10-6-3-4-8-11(10)12/h10-11H,2-9H2,1H3. The van der Waals surface area contributed by atoms with Crippen molar-refractivity contribution in [3.8, 4) is 0 Å². The van der Waals surface area contributed by atoms with Gasteiger partial charge in [-0.1, -0.05) is 35.7 Å². The molecule has 1 saturated carbocycles. The van der Waals surface area contributed by atoms with Crippen LogP contribution in [0.4, 0.5) is 0 Å². The smallest absolute Gasteiger partial charge is 0.0174 e. The zero-order valence-electron chi connectivity index (χ0n) is 8.60. The first-order valence-corrected chi connectivity index (χ1v) is 7.63. The van der Waals surface area contributed by atoms with Gasteiger partial charge in [0.2, 0.25) is 0 Å². The molecule has 0 bridgehead atoms. The van der Waals surface area contributed by atoms with Gasteiger partial charge in [0.1, 0.15) is 0 Å². The minimum atomic E-state index is 0.827. The minimum absolute atomic E-state index is 0.827. The van der Waals surface area contributed by atoms with E-state index in [1.165, 1.54) is 50.0 Å². The average Bonchev–Trinajstić information content (AvgIpc) is 2.15. The molecule has 1 rings (SSSR count). The molecule has 0 saturated heterocycles. The molecule has 0 nitrogen and oxygen atoms in total. The van der Waals surface area contributed by atoms with E-state index in [0.29, 0.717) is 0 Å². The van der Waals surface area contributed by atoms with E-state index in [4.69, 9.17) is 0 Å². The third-order valence-corrected chi connectivity index (χ3v) is 5.08. The summed E-state index contributed by atoms with van der Waals surface area (Å²) in [5.74, 6) is 3.63. The van der Waals surface area contributed by atoms with Crippen molar-refractivity contribution in [2.24, 2.45) is 5.92 Å². The third-order valence-electron chi connectivity index (χ3n) is 2.88. The molecular weight excluding hydrogens is 244 g/mol. The molecule has 2 atom stereocenters. The highest BCUT2D eigenvalue weighted by atomic mass is 79.9. The van der Waals surface area contributed by atoms with Gasteiger partial charge in [-0.3, -0.25) is 0 Å². The second-order valence-corrected chi connectivity index (χ2v) is 6.47. The van der Waals surface area contributed by atoms with Crippen LogP contribution in [0.15, 0.2) is 0 Å². The van der Waals surface area contributed by atoms with Crippen LogP contribution in [0.2, 0.25) is 0 Å². The summed E-state index contributed by atoms with van der Waals surface area (Å²) in [7, 11) is 0. The maximum atomic E-state index is 3.82. The van der Waals surface area contributed by atoms with Gasteiger partial charge >= 0.3 is 0 Å². The van der Waals surface area contributed by atoms with E-state index in [9.17, 15) is 0 Å². The fraction of sp³-hybridized carbons (Fsp3) is 1.00. The fourth-order valence-electron chi connectivity index (χ4n) is 2.08. The molecule has 0 radical (unpaired) electrons. The molecule has 1 aliphatic carbocycles. The average molecular weight is 265 g/mol. The van der Waals surface area contributed by atoms with Crippen LogP contribution in [-0.4, -0.2) is 16.3 Å². The van der Waals surface area contributed by atoms with Gasteiger partial charge in [-0.25, -0.2) is 0 Å². The number of rotatable bonds is 5. The van der Waals surface area contributed by atoms with Gasteiger partial charge in [0, 0.05) is 4.83 Å². The van der Waals surface area contributed by atoms with Crippen molar-refractivity contribution in [1.29, 1.82) is 0 Å². The predicted molar refractivity (Wildman–Crippen MR) is 66.9 cm³/mol. The van der Waals surface area contributed by atoms with Gasteiger partial charge in [0.05, 0.1) is 0 Å². The number of hydrogen-bond donors (Lipinski definition) is 0. The Bertz CT molecular complexity index is 127. The van der Waals surface area contributed by atoms with Gasteiger partial charge in [-0.05, 0) is 43.1 Å². The van der Waals surface area contributed by atoms with Crippen LogP contribution < -0.4 is 0 Å². The second kappa shape index (κ2) is 7.17. The highest BCUT2D eigenvalue weighted by Gasteiger charge is 2.21. The monoisotopic (exact) mass is 264 g/mol. The molecule has 1 fully saturated rings. The summed E-state index contributed by atoms with van der Waals surface area (Å²) in [5.41, 5.74) is 0. The first-order chi connectivity index (χ1) is 6.34. The summed E-state index contributed by atoms with van der Waals surface area (Å²) in [6.07, 6.45) is 8.65. The second-order valence-electron chi connectivity index (χ2n) is 3.90. The summed E-state index contributed by atoms with van der Waals surface area (Å²) in [6.45, 7) is 2.25. The zero-order chi connectivity index (χ0) is 9.52. The predicted octanol–water partition coefficient (Wildman–Crippen LogP) is 4.47. The molecule has 0 aromatic carbocycles. The van der Waals surface area contributed by atoms with E-state index in [1.807, 2.05) is 0 Å². The Kier molecular flexibility index (Phi) is 6.56. The molecule has 0 spiro atoms. The molecule has 0 aromatic heterocycles. The Morgan fingerprint density at radius 1 is 1.31 bits per heavy atom. The molecule has 0 heterocycles. The van der Waals surface area contributed by atoms with E-state index in [1.54, 1.807) is 0 Å². The number of alkyl halides is 1. The van der Waals surface area contributed by atoms with Crippen molar-refractivity contribution in [3.05, 3.63) is 0 Å². The molecule has 2 heteroatoms. The lowest BCUT2D eigenvalue weighted by atomic mass is 9.86. The van der Waals surface area contributed by atoms with Crippen molar-refractivity contribution in [1.82, 2.24) is 0 Å². The molecule has 2 unspecified atom stereocenters. The summed E-state index contributed by atoms with van der Waals surface area (Å²) in [4.78, 5) is 0.827. The molecule has 1 aliphatic rings. The van der Waals surface area contributed by atoms with Crippen molar-refractivity contribution in [2.75, 3.05) is 11.5 Å². The van der Waals surface area contributed by atoms with E-state index < -0.39 is 0 Å². The first-order valence-electron chi connectivity index (χ1n) is 5.56. The van der Waals surface area contributed by atoms with Crippen molar-refractivity contribution in [3.63, 3.8) is 0 Å². The SMILES string of the molecule is CCSCCCC1CCCCC1Br. The van der Waals surface area contributed by atoms with Crippen LogP contribution in [-0.2, 0) is 0 Å². The zero-order valence-corrected chi connectivity index (χ0v) is 11.0. The van der Waals surface area contributed by atoms with Crippen LogP contribution >= 0.6 is 27.7 Å². The van der Waals surface area contributed by atoms with E-state index >= 15 is 0 Å². The minimum Gasteiger partial charge on any atom is -0.162 e. The highest BCUT2D eigenvalue weighted by molar-refractivity contribution is 9.09. The molecule has 0 N–H and O–H groups in total. The Balaban J connectivity index is 2.05. The Hall–Kier alpha value is 0.830. The Morgan fingerprint density at radius 3 is 2.77 bits per heavy atom. The van der Waals surface area contributed by atoms with Crippen LogP contribution in [0.3, 0.4) is 0 Å². The van der Waals surface area contributed by atoms with E-state index in [2.05, 4.69) is 34.6 Å². The highest BCUT2D eigenvalue weighted by Crippen LogP contribution is 2.33. The maximum absolute atomic E-state index is 3.82. The van der Waals surface area contributed by atoms with Gasteiger partial charge in [0.15, 0.2) is 0 Å². The van der Waals surface area contributed by atoms with Gasteiger partial charge < -0.3 is 0 Å². The number of halogens is 1. The summed E-state index contributed by atoms with van der Waals surface area (Å²) >= 11 is 5.90. The van der Waals surface area contributed by atoms with Crippen LogP contribution in [0.1, 0.15) is 45.4 Å².